The first-order valence-corrected chi connectivity index (χ1v) is 10.0. The van der Waals surface area contributed by atoms with Crippen molar-refractivity contribution in [1.29, 1.82) is 0 Å². The van der Waals surface area contributed by atoms with Crippen molar-refractivity contribution in [2.75, 3.05) is 12.4 Å². The van der Waals surface area contributed by atoms with Gasteiger partial charge >= 0.3 is 0 Å². The Labute approximate surface area is 166 Å². The van der Waals surface area contributed by atoms with Crippen LogP contribution >= 0.6 is 23.4 Å². The lowest BCUT2D eigenvalue weighted by atomic mass is 10.1. The summed E-state index contributed by atoms with van der Waals surface area (Å²) in [6.07, 6.45) is 0.218. The topological polar surface area (TPSA) is 56.1 Å². The second kappa shape index (κ2) is 7.66. The van der Waals surface area contributed by atoms with Gasteiger partial charge in [0.2, 0.25) is 5.91 Å². The van der Waals surface area contributed by atoms with Gasteiger partial charge in [-0.25, -0.2) is 4.68 Å². The first-order chi connectivity index (χ1) is 13.2. The number of carbonyl (C=O) groups is 1. The fourth-order valence-electron chi connectivity index (χ4n) is 3.04. The third kappa shape index (κ3) is 3.68. The van der Waals surface area contributed by atoms with Crippen molar-refractivity contribution >= 4 is 35.1 Å². The number of amides is 1. The zero-order valence-corrected chi connectivity index (χ0v) is 16.3. The highest BCUT2D eigenvalue weighted by atomic mass is 35.5. The lowest BCUT2D eigenvalue weighted by Gasteiger charge is -2.12. The summed E-state index contributed by atoms with van der Waals surface area (Å²) in [5, 5.41) is 8.35. The van der Waals surface area contributed by atoms with E-state index in [1.54, 1.807) is 29.6 Å². The van der Waals surface area contributed by atoms with Crippen LogP contribution in [-0.4, -0.2) is 22.8 Å². The van der Waals surface area contributed by atoms with Crippen molar-refractivity contribution in [3.63, 3.8) is 0 Å². The van der Waals surface area contributed by atoms with Crippen LogP contribution in [0.25, 0.3) is 5.69 Å². The van der Waals surface area contributed by atoms with Gasteiger partial charge in [0.25, 0.3) is 0 Å². The number of thioether (sulfide) groups is 1. The molecule has 0 radical (unpaired) electrons. The molecule has 3 aromatic rings. The Bertz CT molecular complexity index is 985. The van der Waals surface area contributed by atoms with Gasteiger partial charge < -0.3 is 10.1 Å². The number of hydrogen-bond donors (Lipinski definition) is 1. The molecule has 5 nitrogen and oxygen atoms in total. The standard InChI is InChI=1S/C20H18ClN3O2S/c1-26-15-8-6-14(7-9-15)24-20(16-11-27-12-18(16)23-24)22-19(25)10-13-4-2-3-5-17(13)21/h2-9H,10-12H2,1H3,(H,22,25). The van der Waals surface area contributed by atoms with E-state index in [-0.39, 0.29) is 12.3 Å². The number of aromatic nitrogens is 2. The zero-order valence-electron chi connectivity index (χ0n) is 14.7. The van der Waals surface area contributed by atoms with E-state index in [0.717, 1.165) is 45.6 Å². The molecule has 0 fully saturated rings. The van der Waals surface area contributed by atoms with Gasteiger partial charge in [0.1, 0.15) is 11.6 Å². The molecule has 1 aliphatic rings. The Morgan fingerprint density at radius 1 is 1.22 bits per heavy atom. The number of carbonyl (C=O) groups excluding carboxylic acids is 1. The summed E-state index contributed by atoms with van der Waals surface area (Å²) in [7, 11) is 1.63. The smallest absolute Gasteiger partial charge is 0.230 e. The molecule has 0 aliphatic carbocycles. The number of anilines is 1. The van der Waals surface area contributed by atoms with E-state index in [0.29, 0.717) is 5.02 Å². The summed E-state index contributed by atoms with van der Waals surface area (Å²) in [6, 6.07) is 15.0. The van der Waals surface area contributed by atoms with Crippen molar-refractivity contribution < 1.29 is 9.53 Å². The molecule has 138 valence electrons. The number of hydrogen-bond acceptors (Lipinski definition) is 4. The zero-order chi connectivity index (χ0) is 18.8. The van der Waals surface area contributed by atoms with Gasteiger partial charge in [0, 0.05) is 22.1 Å². The van der Waals surface area contributed by atoms with Crippen LogP contribution in [0.1, 0.15) is 16.8 Å². The lowest BCUT2D eigenvalue weighted by molar-refractivity contribution is -0.115. The second-order valence-corrected chi connectivity index (χ2v) is 7.59. The normalized spacial score (nSPS) is 12.7. The number of ether oxygens (including phenoxy) is 1. The number of halogens is 1. The summed E-state index contributed by atoms with van der Waals surface area (Å²) in [6.45, 7) is 0. The van der Waals surface area contributed by atoms with Crippen LogP contribution in [0, 0.1) is 0 Å². The third-order valence-corrected chi connectivity index (χ3v) is 5.77. The Balaban J connectivity index is 1.63. The molecular formula is C20H18ClN3O2S. The molecule has 1 aromatic heterocycles. The quantitative estimate of drug-likeness (QED) is 0.688. The predicted octanol–water partition coefficient (Wildman–Crippen LogP) is 4.46. The molecule has 0 spiro atoms. The number of nitrogens with one attached hydrogen (secondary N) is 1. The van der Waals surface area contributed by atoms with Crippen LogP contribution in [0.3, 0.4) is 0 Å². The summed E-state index contributed by atoms with van der Waals surface area (Å²) >= 11 is 7.99. The van der Waals surface area contributed by atoms with Crippen LogP contribution in [0.2, 0.25) is 5.02 Å². The van der Waals surface area contributed by atoms with Gasteiger partial charge in [-0.3, -0.25) is 4.79 Å². The van der Waals surface area contributed by atoms with Gasteiger partial charge in [-0.1, -0.05) is 29.8 Å². The Hall–Kier alpha value is -2.44. The molecule has 0 atom stereocenters. The number of rotatable bonds is 5. The lowest BCUT2D eigenvalue weighted by Crippen LogP contribution is -2.18. The molecule has 0 bridgehead atoms. The fraction of sp³-hybridized carbons (Fsp3) is 0.200. The molecule has 1 aliphatic heterocycles. The van der Waals surface area contributed by atoms with E-state index in [1.165, 1.54) is 0 Å². The summed E-state index contributed by atoms with van der Waals surface area (Å²) in [5.41, 5.74) is 3.79. The van der Waals surface area contributed by atoms with Gasteiger partial charge in [-0.15, -0.1) is 0 Å². The maximum absolute atomic E-state index is 12.7. The summed E-state index contributed by atoms with van der Waals surface area (Å²) in [5.74, 6) is 3.09. The number of methoxy groups -OCH3 is 1. The first-order valence-electron chi connectivity index (χ1n) is 8.52. The number of nitrogens with zero attached hydrogens (tertiary/aromatic N) is 2. The highest BCUT2D eigenvalue weighted by Crippen LogP contribution is 2.36. The van der Waals surface area contributed by atoms with Crippen molar-refractivity contribution in [3.8, 4) is 11.4 Å². The molecule has 1 N–H and O–H groups in total. The van der Waals surface area contributed by atoms with Crippen LogP contribution in [-0.2, 0) is 22.7 Å². The van der Waals surface area contributed by atoms with E-state index in [2.05, 4.69) is 5.32 Å². The number of benzene rings is 2. The molecule has 27 heavy (non-hydrogen) atoms. The van der Waals surface area contributed by atoms with E-state index in [9.17, 15) is 4.79 Å². The van der Waals surface area contributed by atoms with Crippen molar-refractivity contribution in [2.24, 2.45) is 0 Å². The minimum Gasteiger partial charge on any atom is -0.497 e. The second-order valence-electron chi connectivity index (χ2n) is 6.19. The third-order valence-electron chi connectivity index (χ3n) is 4.44. The van der Waals surface area contributed by atoms with E-state index in [4.69, 9.17) is 21.4 Å². The molecule has 7 heteroatoms. The monoisotopic (exact) mass is 399 g/mol. The molecule has 4 rings (SSSR count). The number of fused-ring (bicyclic) bond motifs is 1. The van der Waals surface area contributed by atoms with Gasteiger partial charge in [0.15, 0.2) is 0 Å². The van der Waals surface area contributed by atoms with Gasteiger partial charge in [-0.2, -0.15) is 16.9 Å². The first kappa shape index (κ1) is 17.9. The SMILES string of the molecule is COc1ccc(-n2nc3c(c2NC(=O)Cc2ccccc2Cl)CSC3)cc1. The van der Waals surface area contributed by atoms with Crippen LogP contribution in [0.5, 0.6) is 5.75 Å². The van der Waals surface area contributed by atoms with E-state index < -0.39 is 0 Å². The van der Waals surface area contributed by atoms with E-state index >= 15 is 0 Å². The summed E-state index contributed by atoms with van der Waals surface area (Å²) in [4.78, 5) is 12.7. The van der Waals surface area contributed by atoms with E-state index in [1.807, 2.05) is 42.5 Å². The Morgan fingerprint density at radius 3 is 2.74 bits per heavy atom. The van der Waals surface area contributed by atoms with Crippen molar-refractivity contribution in [3.05, 3.63) is 70.4 Å². The minimum absolute atomic E-state index is 0.113. The minimum atomic E-state index is -0.113. The maximum atomic E-state index is 12.7. The Morgan fingerprint density at radius 2 is 2.00 bits per heavy atom. The molecule has 0 unspecified atom stereocenters. The predicted molar refractivity (Wildman–Crippen MR) is 109 cm³/mol. The molecule has 0 saturated heterocycles. The largest absolute Gasteiger partial charge is 0.497 e. The average molecular weight is 400 g/mol. The van der Waals surface area contributed by atoms with Crippen LogP contribution < -0.4 is 10.1 Å². The maximum Gasteiger partial charge on any atom is 0.230 e. The molecule has 2 heterocycles. The van der Waals surface area contributed by atoms with Crippen molar-refractivity contribution in [2.45, 2.75) is 17.9 Å². The highest BCUT2D eigenvalue weighted by Gasteiger charge is 2.24. The Kier molecular flexibility index (Phi) is 5.09. The molecule has 0 saturated carbocycles. The van der Waals surface area contributed by atoms with Gasteiger partial charge in [0.05, 0.1) is 24.9 Å². The highest BCUT2D eigenvalue weighted by molar-refractivity contribution is 7.98. The fourth-order valence-corrected chi connectivity index (χ4v) is 4.28. The summed E-state index contributed by atoms with van der Waals surface area (Å²) < 4.78 is 7.02. The average Bonchev–Trinajstić information content (AvgIpc) is 3.26. The van der Waals surface area contributed by atoms with Crippen molar-refractivity contribution in [1.82, 2.24) is 9.78 Å². The van der Waals surface area contributed by atoms with Crippen LogP contribution in [0.4, 0.5) is 5.82 Å². The molecule has 2 aromatic carbocycles. The molecule has 1 amide bonds. The van der Waals surface area contributed by atoms with Crippen LogP contribution in [0.15, 0.2) is 48.5 Å². The van der Waals surface area contributed by atoms with Gasteiger partial charge in [-0.05, 0) is 35.9 Å². The molecular weight excluding hydrogens is 382 g/mol.